The molecule has 1 aliphatic heterocycles. The van der Waals surface area contributed by atoms with Crippen molar-refractivity contribution in [2.45, 2.75) is 6.92 Å². The number of aromatic nitrogens is 1. The third-order valence-corrected chi connectivity index (χ3v) is 5.70. The largest absolute Gasteiger partial charge is 0.395 e. The van der Waals surface area contributed by atoms with Crippen molar-refractivity contribution in [1.82, 2.24) is 9.88 Å². The summed E-state index contributed by atoms with van der Waals surface area (Å²) in [6.45, 7) is 11.0. The first-order chi connectivity index (χ1) is 16.8. The Morgan fingerprint density at radius 3 is 2.57 bits per heavy atom. The maximum atomic E-state index is 9.88. The van der Waals surface area contributed by atoms with E-state index >= 15 is 0 Å². The molecule has 3 rings (SSSR count). The Labute approximate surface area is 209 Å². The summed E-state index contributed by atoms with van der Waals surface area (Å²) in [5.41, 5.74) is 7.21. The SMILES string of the molecule is C=C/C(=C\N(C)C)c1cccc(-c2ccc(/C(C=NC)=C/C(=C)C)c(/C=C/C3(CO)COC3)n2)c1. The van der Waals surface area contributed by atoms with Gasteiger partial charge in [0.05, 0.1) is 36.6 Å². The highest BCUT2D eigenvalue weighted by Gasteiger charge is 2.35. The number of hydrogen-bond donors (Lipinski definition) is 1. The fraction of sp³-hybridized carbons (Fsp3) is 0.267. The average Bonchev–Trinajstić information content (AvgIpc) is 2.81. The fourth-order valence-electron chi connectivity index (χ4n) is 3.84. The van der Waals surface area contributed by atoms with Crippen molar-refractivity contribution in [3.05, 3.63) is 96.4 Å². The first kappa shape index (κ1) is 26.1. The summed E-state index contributed by atoms with van der Waals surface area (Å²) in [6, 6.07) is 12.4. The summed E-state index contributed by atoms with van der Waals surface area (Å²) >= 11 is 0. The number of hydrogen-bond acceptors (Lipinski definition) is 5. The summed E-state index contributed by atoms with van der Waals surface area (Å²) < 4.78 is 5.36. The van der Waals surface area contributed by atoms with Crippen LogP contribution in [0.1, 0.15) is 23.7 Å². The maximum Gasteiger partial charge on any atom is 0.0713 e. The van der Waals surface area contributed by atoms with E-state index in [4.69, 9.17) is 9.72 Å². The van der Waals surface area contributed by atoms with E-state index in [2.05, 4.69) is 42.4 Å². The molecule has 0 atom stereocenters. The molecular formula is C30H35N3O2. The Hall–Kier alpha value is -3.54. The lowest BCUT2D eigenvalue weighted by Crippen LogP contribution is -2.43. The van der Waals surface area contributed by atoms with Crippen molar-refractivity contribution in [1.29, 1.82) is 0 Å². The molecule has 182 valence electrons. The van der Waals surface area contributed by atoms with Gasteiger partial charge in [-0.1, -0.05) is 55.2 Å². The molecule has 1 fully saturated rings. The Bertz CT molecular complexity index is 1190. The molecule has 35 heavy (non-hydrogen) atoms. The minimum Gasteiger partial charge on any atom is -0.395 e. The number of nitrogens with zero attached hydrogens (tertiary/aromatic N) is 3. The van der Waals surface area contributed by atoms with Gasteiger partial charge in [0.2, 0.25) is 0 Å². The molecule has 5 nitrogen and oxygen atoms in total. The predicted octanol–water partition coefficient (Wildman–Crippen LogP) is 5.52. The number of rotatable bonds is 10. The molecule has 2 heterocycles. The van der Waals surface area contributed by atoms with Gasteiger partial charge in [0.15, 0.2) is 0 Å². The normalized spacial score (nSPS) is 15.9. The highest BCUT2D eigenvalue weighted by Crippen LogP contribution is 2.31. The molecule has 0 bridgehead atoms. The first-order valence-electron chi connectivity index (χ1n) is 11.6. The van der Waals surface area contributed by atoms with Gasteiger partial charge in [-0.25, -0.2) is 4.98 Å². The highest BCUT2D eigenvalue weighted by molar-refractivity contribution is 6.11. The van der Waals surface area contributed by atoms with Gasteiger partial charge < -0.3 is 14.7 Å². The summed E-state index contributed by atoms with van der Waals surface area (Å²) in [5, 5.41) is 9.88. The Morgan fingerprint density at radius 2 is 2.00 bits per heavy atom. The second kappa shape index (κ2) is 11.7. The molecule has 0 amide bonds. The van der Waals surface area contributed by atoms with Gasteiger partial charge in [0.1, 0.15) is 0 Å². The molecule has 1 aromatic carbocycles. The van der Waals surface area contributed by atoms with Crippen LogP contribution in [0, 0.1) is 5.41 Å². The molecule has 1 N–H and O–H groups in total. The van der Waals surface area contributed by atoms with Crippen molar-refractivity contribution < 1.29 is 9.84 Å². The van der Waals surface area contributed by atoms with E-state index in [0.717, 1.165) is 44.8 Å². The zero-order valence-electron chi connectivity index (χ0n) is 21.2. The van der Waals surface area contributed by atoms with Crippen LogP contribution in [0.5, 0.6) is 0 Å². The third-order valence-electron chi connectivity index (χ3n) is 5.70. The summed E-state index contributed by atoms with van der Waals surface area (Å²) in [4.78, 5) is 11.3. The number of benzene rings is 1. The van der Waals surface area contributed by atoms with E-state index in [-0.39, 0.29) is 12.0 Å². The summed E-state index contributed by atoms with van der Waals surface area (Å²) in [6.07, 6.45) is 11.7. The van der Waals surface area contributed by atoms with Gasteiger partial charge in [-0.3, -0.25) is 4.99 Å². The molecule has 0 saturated carbocycles. The lowest BCUT2D eigenvalue weighted by Gasteiger charge is -2.37. The van der Waals surface area contributed by atoms with Gasteiger partial charge in [-0.2, -0.15) is 0 Å². The van der Waals surface area contributed by atoms with Crippen LogP contribution in [0.4, 0.5) is 0 Å². The lowest BCUT2D eigenvalue weighted by atomic mass is 9.86. The second-order valence-corrected chi connectivity index (χ2v) is 9.14. The number of aliphatic hydroxyl groups excluding tert-OH is 1. The third kappa shape index (κ3) is 6.53. The minimum absolute atomic E-state index is 0.0357. The van der Waals surface area contributed by atoms with E-state index in [1.54, 1.807) is 7.05 Å². The molecule has 1 aliphatic rings. The highest BCUT2D eigenvalue weighted by atomic mass is 16.5. The summed E-state index contributed by atoms with van der Waals surface area (Å²) in [5.74, 6) is 0. The van der Waals surface area contributed by atoms with Gasteiger partial charge in [0, 0.05) is 50.3 Å². The van der Waals surface area contributed by atoms with Crippen LogP contribution >= 0.6 is 0 Å². The van der Waals surface area contributed by atoms with Gasteiger partial charge in [-0.05, 0) is 42.3 Å². The molecule has 1 saturated heterocycles. The Morgan fingerprint density at radius 1 is 1.23 bits per heavy atom. The van der Waals surface area contributed by atoms with Crippen molar-refractivity contribution in [3.63, 3.8) is 0 Å². The van der Waals surface area contributed by atoms with Crippen molar-refractivity contribution in [3.8, 4) is 11.3 Å². The van der Waals surface area contributed by atoms with Crippen LogP contribution < -0.4 is 0 Å². The van der Waals surface area contributed by atoms with Crippen molar-refractivity contribution in [2.75, 3.05) is 41.0 Å². The number of pyridine rings is 1. The number of aliphatic imine (C=N–C) groups is 1. The van der Waals surface area contributed by atoms with E-state index in [1.807, 2.05) is 74.8 Å². The maximum absolute atomic E-state index is 9.88. The quantitative estimate of drug-likeness (QED) is 0.368. The topological polar surface area (TPSA) is 58.0 Å². The van der Waals surface area contributed by atoms with Crippen molar-refractivity contribution >= 4 is 23.4 Å². The number of ether oxygens (including phenoxy) is 1. The Balaban J connectivity index is 2.13. The van der Waals surface area contributed by atoms with Crippen LogP contribution in [-0.4, -0.2) is 62.2 Å². The minimum atomic E-state index is -0.359. The molecule has 0 spiro atoms. The average molecular weight is 470 g/mol. The van der Waals surface area contributed by atoms with Crippen LogP contribution in [0.3, 0.4) is 0 Å². The zero-order chi connectivity index (χ0) is 25.4. The van der Waals surface area contributed by atoms with Crippen LogP contribution in [0.15, 0.2) is 84.5 Å². The second-order valence-electron chi connectivity index (χ2n) is 9.14. The fourth-order valence-corrected chi connectivity index (χ4v) is 3.84. The predicted molar refractivity (Wildman–Crippen MR) is 148 cm³/mol. The molecule has 0 unspecified atom stereocenters. The number of aliphatic hydroxyl groups is 1. The summed E-state index contributed by atoms with van der Waals surface area (Å²) in [7, 11) is 5.74. The van der Waals surface area contributed by atoms with E-state index in [9.17, 15) is 5.11 Å². The molecule has 0 radical (unpaired) electrons. The molecule has 2 aromatic rings. The van der Waals surface area contributed by atoms with Gasteiger partial charge in [-0.15, -0.1) is 0 Å². The first-order valence-corrected chi connectivity index (χ1v) is 11.6. The van der Waals surface area contributed by atoms with Crippen molar-refractivity contribution in [2.24, 2.45) is 10.4 Å². The van der Waals surface area contributed by atoms with Crippen LogP contribution in [0.2, 0.25) is 0 Å². The zero-order valence-corrected chi connectivity index (χ0v) is 21.2. The van der Waals surface area contributed by atoms with E-state index < -0.39 is 0 Å². The Kier molecular flexibility index (Phi) is 8.74. The molecule has 5 heteroatoms. The van der Waals surface area contributed by atoms with Gasteiger partial charge in [0.25, 0.3) is 0 Å². The number of allylic oxidation sites excluding steroid dienone is 5. The van der Waals surface area contributed by atoms with E-state index in [0.29, 0.717) is 13.2 Å². The van der Waals surface area contributed by atoms with E-state index in [1.165, 1.54) is 0 Å². The monoisotopic (exact) mass is 469 g/mol. The van der Waals surface area contributed by atoms with Crippen LogP contribution in [0.25, 0.3) is 28.5 Å². The molecular weight excluding hydrogens is 434 g/mol. The molecule has 0 aliphatic carbocycles. The van der Waals surface area contributed by atoms with Crippen LogP contribution in [-0.2, 0) is 4.74 Å². The molecule has 1 aromatic heterocycles. The smallest absolute Gasteiger partial charge is 0.0713 e. The van der Waals surface area contributed by atoms with Gasteiger partial charge >= 0.3 is 0 Å². The standard InChI is InChI=1S/C30H35N3O2/c1-7-23(18-33(5)6)24-9-8-10-25(16-24)28-12-11-27(26(17-31-4)15-22(2)3)29(32-28)13-14-30(19-34)20-35-21-30/h7-18,34H,1-2,19-21H2,3-6H3/b14-13+,23-18+,26-15+,31-17?. The lowest BCUT2D eigenvalue weighted by molar-refractivity contribution is -0.105.